The van der Waals surface area contributed by atoms with E-state index in [2.05, 4.69) is 12.2 Å². The van der Waals surface area contributed by atoms with E-state index in [-0.39, 0.29) is 12.5 Å². The van der Waals surface area contributed by atoms with Crippen molar-refractivity contribution in [3.63, 3.8) is 0 Å². The lowest BCUT2D eigenvalue weighted by Crippen LogP contribution is -2.36. The summed E-state index contributed by atoms with van der Waals surface area (Å²) in [6.07, 6.45) is 12.6. The van der Waals surface area contributed by atoms with Gasteiger partial charge in [0.05, 0.1) is 6.54 Å². The third kappa shape index (κ3) is 9.77. The van der Waals surface area contributed by atoms with Crippen LogP contribution in [-0.2, 0) is 16.1 Å². The Bertz CT molecular complexity index is 881. The lowest BCUT2D eigenvalue weighted by molar-refractivity contribution is -0.148. The van der Waals surface area contributed by atoms with Crippen LogP contribution in [0.3, 0.4) is 0 Å². The molecule has 0 atom stereocenters. The van der Waals surface area contributed by atoms with E-state index in [0.29, 0.717) is 17.8 Å². The molecule has 34 heavy (non-hydrogen) atoms. The van der Waals surface area contributed by atoms with Gasteiger partial charge in [-0.3, -0.25) is 14.5 Å². The van der Waals surface area contributed by atoms with Crippen LogP contribution in [0, 0.1) is 0 Å². The molecule has 0 aliphatic heterocycles. The number of anilines is 1. The number of amides is 2. The average molecular weight is 467 g/mol. The number of nitrogens with one attached hydrogen (secondary N) is 1. The van der Waals surface area contributed by atoms with Gasteiger partial charge in [-0.2, -0.15) is 0 Å². The van der Waals surface area contributed by atoms with E-state index in [1.165, 1.54) is 56.3 Å². The predicted octanol–water partition coefficient (Wildman–Crippen LogP) is 5.96. The first-order valence-corrected chi connectivity index (χ1v) is 12.5. The Balaban J connectivity index is 1.73. The molecule has 2 amide bonds. The van der Waals surface area contributed by atoms with Gasteiger partial charge in [0.15, 0.2) is 0 Å². The maximum Gasteiger partial charge on any atom is 0.394 e. The fourth-order valence-corrected chi connectivity index (χ4v) is 3.86. The molecule has 0 aliphatic carbocycles. The number of benzene rings is 2. The fraction of sp³-hybridized carbons (Fsp3) is 0.464. The normalized spacial score (nSPS) is 10.6. The fourth-order valence-electron chi connectivity index (χ4n) is 3.86. The van der Waals surface area contributed by atoms with Gasteiger partial charge in [0.2, 0.25) is 0 Å². The molecule has 0 aromatic heterocycles. The largest absolute Gasteiger partial charge is 0.474 e. The molecule has 6 heteroatoms. The summed E-state index contributed by atoms with van der Waals surface area (Å²) in [5.74, 6) is -2.62. The highest BCUT2D eigenvalue weighted by Crippen LogP contribution is 2.18. The monoisotopic (exact) mass is 466 g/mol. The highest BCUT2D eigenvalue weighted by molar-refractivity contribution is 6.37. The summed E-state index contributed by atoms with van der Waals surface area (Å²) in [4.78, 5) is 37.0. The lowest BCUT2D eigenvalue weighted by atomic mass is 10.1. The Hall–Kier alpha value is -3.15. The van der Waals surface area contributed by atoms with Crippen molar-refractivity contribution in [2.75, 3.05) is 11.4 Å². The van der Waals surface area contributed by atoms with E-state index >= 15 is 0 Å². The van der Waals surface area contributed by atoms with Crippen molar-refractivity contribution in [3.8, 4) is 0 Å². The van der Waals surface area contributed by atoms with Gasteiger partial charge < -0.3 is 10.4 Å². The summed E-state index contributed by atoms with van der Waals surface area (Å²) in [5, 5.41) is 12.1. The second kappa shape index (κ2) is 15.6. The minimum absolute atomic E-state index is 0.107. The molecule has 2 rings (SSSR count). The van der Waals surface area contributed by atoms with Gasteiger partial charge in [0.25, 0.3) is 5.91 Å². The summed E-state index contributed by atoms with van der Waals surface area (Å²) in [6, 6.07) is 15.6. The zero-order valence-corrected chi connectivity index (χ0v) is 20.3. The molecule has 184 valence electrons. The van der Waals surface area contributed by atoms with Crippen LogP contribution >= 0.6 is 0 Å². The molecule has 0 spiro atoms. The maximum atomic E-state index is 12.4. The first-order valence-electron chi connectivity index (χ1n) is 12.5. The Morgan fingerprint density at radius 1 is 0.765 bits per heavy atom. The van der Waals surface area contributed by atoms with Gasteiger partial charge >= 0.3 is 11.9 Å². The van der Waals surface area contributed by atoms with E-state index in [1.807, 2.05) is 0 Å². The molecule has 0 radical (unpaired) electrons. The zero-order chi connectivity index (χ0) is 24.6. The SMILES string of the molecule is CCCCCCCCCCCCNC(=O)c1ccc(CN(C(=O)C(=O)O)c2ccccc2)cc1. The van der Waals surface area contributed by atoms with Crippen molar-refractivity contribution in [1.29, 1.82) is 0 Å². The van der Waals surface area contributed by atoms with Gasteiger partial charge in [-0.25, -0.2) is 4.79 Å². The van der Waals surface area contributed by atoms with Crippen molar-refractivity contribution in [3.05, 3.63) is 65.7 Å². The Morgan fingerprint density at radius 3 is 1.88 bits per heavy atom. The highest BCUT2D eigenvalue weighted by Gasteiger charge is 2.22. The highest BCUT2D eigenvalue weighted by atomic mass is 16.4. The number of hydrogen-bond acceptors (Lipinski definition) is 3. The number of unbranched alkanes of at least 4 members (excludes halogenated alkanes) is 9. The summed E-state index contributed by atoms with van der Waals surface area (Å²) in [5.41, 5.74) is 1.80. The molecule has 2 aromatic rings. The van der Waals surface area contributed by atoms with Crippen LogP contribution in [0.4, 0.5) is 5.69 Å². The maximum absolute atomic E-state index is 12.4. The molecule has 2 aromatic carbocycles. The smallest absolute Gasteiger partial charge is 0.394 e. The number of nitrogens with zero attached hydrogens (tertiary/aromatic N) is 1. The van der Waals surface area contributed by atoms with Crippen molar-refractivity contribution < 1.29 is 19.5 Å². The predicted molar refractivity (Wildman–Crippen MR) is 136 cm³/mol. The number of carbonyl (C=O) groups excluding carboxylic acids is 2. The minimum atomic E-state index is -1.51. The van der Waals surface area contributed by atoms with Crippen molar-refractivity contribution in [2.45, 2.75) is 77.7 Å². The number of rotatable bonds is 15. The van der Waals surface area contributed by atoms with Crippen LogP contribution in [0.5, 0.6) is 0 Å². The Morgan fingerprint density at radius 2 is 1.32 bits per heavy atom. The van der Waals surface area contributed by atoms with Crippen LogP contribution in [0.1, 0.15) is 87.1 Å². The van der Waals surface area contributed by atoms with Crippen molar-refractivity contribution in [2.24, 2.45) is 0 Å². The van der Waals surface area contributed by atoms with Crippen LogP contribution in [0.15, 0.2) is 54.6 Å². The van der Waals surface area contributed by atoms with E-state index in [9.17, 15) is 14.4 Å². The quantitative estimate of drug-likeness (QED) is 0.251. The van der Waals surface area contributed by atoms with Crippen molar-refractivity contribution >= 4 is 23.5 Å². The van der Waals surface area contributed by atoms with E-state index < -0.39 is 11.9 Å². The number of hydrogen-bond donors (Lipinski definition) is 2. The Labute approximate surface area is 203 Å². The molecule has 0 unspecified atom stereocenters. The van der Waals surface area contributed by atoms with Crippen LogP contribution in [0.25, 0.3) is 0 Å². The molecule has 0 bridgehead atoms. The van der Waals surface area contributed by atoms with Gasteiger partial charge in [-0.05, 0) is 36.2 Å². The molecule has 0 saturated heterocycles. The number of carbonyl (C=O) groups is 3. The number of carboxylic acids is 1. The van der Waals surface area contributed by atoms with Crippen LogP contribution in [0.2, 0.25) is 0 Å². The molecule has 2 N–H and O–H groups in total. The lowest BCUT2D eigenvalue weighted by Gasteiger charge is -2.21. The average Bonchev–Trinajstić information content (AvgIpc) is 2.86. The summed E-state index contributed by atoms with van der Waals surface area (Å²) < 4.78 is 0. The molecule has 0 heterocycles. The van der Waals surface area contributed by atoms with Gasteiger partial charge in [0.1, 0.15) is 0 Å². The minimum Gasteiger partial charge on any atom is -0.474 e. The number of carboxylic acid groups (broad SMARTS) is 1. The molecular formula is C28H38N2O4. The van der Waals surface area contributed by atoms with E-state index in [4.69, 9.17) is 5.11 Å². The molecule has 0 aliphatic rings. The van der Waals surface area contributed by atoms with Gasteiger partial charge in [-0.1, -0.05) is 95.0 Å². The zero-order valence-electron chi connectivity index (χ0n) is 20.3. The van der Waals surface area contributed by atoms with Crippen LogP contribution in [-0.4, -0.2) is 29.4 Å². The molecule has 0 saturated carbocycles. The van der Waals surface area contributed by atoms with E-state index in [0.717, 1.165) is 18.4 Å². The first-order chi connectivity index (χ1) is 16.5. The molecule has 6 nitrogen and oxygen atoms in total. The third-order valence-electron chi connectivity index (χ3n) is 5.87. The number of aliphatic carboxylic acids is 1. The van der Waals surface area contributed by atoms with Gasteiger partial charge in [0, 0.05) is 17.8 Å². The van der Waals surface area contributed by atoms with Gasteiger partial charge in [-0.15, -0.1) is 0 Å². The topological polar surface area (TPSA) is 86.7 Å². The second-order valence-electron chi connectivity index (χ2n) is 8.67. The first kappa shape index (κ1) is 27.1. The standard InChI is InChI=1S/C28H38N2O4/c1-2-3-4-5-6-7-8-9-10-14-21-29-26(31)24-19-17-23(18-20-24)22-30(27(32)28(33)34)25-15-12-11-13-16-25/h11-13,15-20H,2-10,14,21-22H2,1H3,(H,29,31)(H,33,34). The van der Waals surface area contributed by atoms with Crippen molar-refractivity contribution in [1.82, 2.24) is 5.32 Å². The summed E-state index contributed by atoms with van der Waals surface area (Å²) >= 11 is 0. The third-order valence-corrected chi connectivity index (χ3v) is 5.87. The molecular weight excluding hydrogens is 428 g/mol. The van der Waals surface area contributed by atoms with Crippen LogP contribution < -0.4 is 10.2 Å². The molecule has 0 fully saturated rings. The summed E-state index contributed by atoms with van der Waals surface area (Å²) in [6.45, 7) is 3.00. The number of para-hydroxylation sites is 1. The summed E-state index contributed by atoms with van der Waals surface area (Å²) in [7, 11) is 0. The van der Waals surface area contributed by atoms with E-state index in [1.54, 1.807) is 54.6 Å². The second-order valence-corrected chi connectivity index (χ2v) is 8.67. The Kier molecular flexibility index (Phi) is 12.5.